The maximum atomic E-state index is 4.87. The van der Waals surface area contributed by atoms with Crippen LogP contribution in [0.3, 0.4) is 0 Å². The average Bonchev–Trinajstić information content (AvgIpc) is 2.96. The molecule has 0 spiro atoms. The van der Waals surface area contributed by atoms with Crippen molar-refractivity contribution in [2.45, 2.75) is 46.5 Å². The Morgan fingerprint density at radius 1 is 1.00 bits per heavy atom. The normalized spacial score (nSPS) is 15.3. The number of thiophene rings is 1. The molecule has 2 aromatic heterocycles. The Morgan fingerprint density at radius 3 is 2.41 bits per heavy atom. The third kappa shape index (κ3) is 2.46. The summed E-state index contributed by atoms with van der Waals surface area (Å²) in [4.78, 5) is 6.39. The Kier molecular flexibility index (Phi) is 3.40. The number of hydrogen-bond acceptors (Lipinski definition) is 2. The van der Waals surface area contributed by atoms with E-state index in [1.165, 1.54) is 48.1 Å². The van der Waals surface area contributed by atoms with Crippen molar-refractivity contribution in [2.75, 3.05) is 0 Å². The first-order valence-electron chi connectivity index (χ1n) is 9.70. The van der Waals surface area contributed by atoms with Gasteiger partial charge in [-0.2, -0.15) is 0 Å². The molecule has 2 aromatic carbocycles. The van der Waals surface area contributed by atoms with Gasteiger partial charge in [0.15, 0.2) is 0 Å². The Bertz CT molecular complexity index is 1200. The fourth-order valence-corrected chi connectivity index (χ4v) is 6.31. The van der Waals surface area contributed by atoms with E-state index in [9.17, 15) is 0 Å². The number of hydrogen-bond donors (Lipinski definition) is 0. The van der Waals surface area contributed by atoms with E-state index in [-0.39, 0.29) is 10.8 Å². The first-order chi connectivity index (χ1) is 12.8. The molecule has 0 atom stereocenters. The molecule has 0 radical (unpaired) electrons. The van der Waals surface area contributed by atoms with Crippen LogP contribution in [0.15, 0.2) is 48.7 Å². The minimum atomic E-state index is -0.0196. The average molecular weight is 372 g/mol. The van der Waals surface area contributed by atoms with Crippen LogP contribution in [0.1, 0.15) is 50.6 Å². The molecule has 0 unspecified atom stereocenters. The number of benzene rings is 2. The van der Waals surface area contributed by atoms with E-state index in [4.69, 9.17) is 4.98 Å². The molecule has 2 heteroatoms. The molecule has 2 heterocycles. The first kappa shape index (κ1) is 16.9. The van der Waals surface area contributed by atoms with Crippen LogP contribution in [0.5, 0.6) is 0 Å². The topological polar surface area (TPSA) is 12.9 Å². The molecule has 27 heavy (non-hydrogen) atoms. The molecule has 5 rings (SSSR count). The molecule has 1 aliphatic carbocycles. The second-order valence-electron chi connectivity index (χ2n) is 9.54. The van der Waals surface area contributed by atoms with Crippen molar-refractivity contribution in [1.82, 2.24) is 4.98 Å². The van der Waals surface area contributed by atoms with Crippen molar-refractivity contribution < 1.29 is 0 Å². The van der Waals surface area contributed by atoms with Crippen molar-refractivity contribution in [3.63, 3.8) is 0 Å². The van der Waals surface area contributed by atoms with E-state index >= 15 is 0 Å². The highest BCUT2D eigenvalue weighted by atomic mass is 32.1. The van der Waals surface area contributed by atoms with Crippen LogP contribution in [0.25, 0.3) is 32.1 Å². The standard InChI is InChI=1S/C25H25NS/c1-24(2,3)14-20-22-21-19(27-20)10-11-26-23(21)17-12-15-8-6-7-9-16(15)13-18(17)25(22,4)5/h6-13H,14H2,1-5H3. The van der Waals surface area contributed by atoms with Crippen molar-refractivity contribution in [2.24, 2.45) is 5.41 Å². The second-order valence-corrected chi connectivity index (χ2v) is 10.7. The molecule has 136 valence electrons. The first-order valence-corrected chi connectivity index (χ1v) is 10.5. The van der Waals surface area contributed by atoms with Gasteiger partial charge in [-0.05, 0) is 51.9 Å². The lowest BCUT2D eigenvalue weighted by Gasteiger charge is -2.34. The predicted octanol–water partition coefficient (Wildman–Crippen LogP) is 7.34. The van der Waals surface area contributed by atoms with Crippen molar-refractivity contribution in [1.29, 1.82) is 0 Å². The third-order valence-corrected chi connectivity index (χ3v) is 6.96. The van der Waals surface area contributed by atoms with Gasteiger partial charge in [0, 0.05) is 32.1 Å². The fraction of sp³-hybridized carbons (Fsp3) is 0.320. The molecular weight excluding hydrogens is 346 g/mol. The summed E-state index contributed by atoms with van der Waals surface area (Å²) in [7, 11) is 0. The van der Waals surface area contributed by atoms with Crippen LogP contribution in [0.2, 0.25) is 0 Å². The van der Waals surface area contributed by atoms with Gasteiger partial charge in [0.2, 0.25) is 0 Å². The highest BCUT2D eigenvalue weighted by Crippen LogP contribution is 2.53. The molecule has 0 N–H and O–H groups in total. The third-order valence-electron chi connectivity index (χ3n) is 5.80. The second kappa shape index (κ2) is 5.42. The number of fused-ring (bicyclic) bond motifs is 3. The summed E-state index contributed by atoms with van der Waals surface area (Å²) in [5.41, 5.74) is 5.63. The lowest BCUT2D eigenvalue weighted by Crippen LogP contribution is -2.25. The van der Waals surface area contributed by atoms with Crippen molar-refractivity contribution in [3.8, 4) is 11.3 Å². The number of pyridine rings is 1. The minimum Gasteiger partial charge on any atom is -0.256 e. The Balaban J connectivity index is 1.90. The Hall–Kier alpha value is -2.19. The van der Waals surface area contributed by atoms with Gasteiger partial charge < -0.3 is 0 Å². The molecule has 0 saturated carbocycles. The smallest absolute Gasteiger partial charge is 0.0795 e. The molecule has 0 aliphatic heterocycles. The molecular formula is C25H25NS. The van der Waals surface area contributed by atoms with Crippen LogP contribution in [0, 0.1) is 5.41 Å². The van der Waals surface area contributed by atoms with Gasteiger partial charge in [-0.25, -0.2) is 0 Å². The van der Waals surface area contributed by atoms with Gasteiger partial charge in [-0.15, -0.1) is 11.3 Å². The van der Waals surface area contributed by atoms with Crippen LogP contribution in [0.4, 0.5) is 0 Å². The summed E-state index contributed by atoms with van der Waals surface area (Å²) in [6.07, 6.45) is 3.09. The molecule has 0 bridgehead atoms. The zero-order valence-electron chi connectivity index (χ0n) is 16.7. The van der Waals surface area contributed by atoms with Gasteiger partial charge >= 0.3 is 0 Å². The summed E-state index contributed by atoms with van der Waals surface area (Å²) in [6.45, 7) is 11.8. The van der Waals surface area contributed by atoms with E-state index in [0.29, 0.717) is 0 Å². The maximum absolute atomic E-state index is 4.87. The molecule has 0 fully saturated rings. The molecule has 1 aliphatic rings. The van der Waals surface area contributed by atoms with Crippen LogP contribution in [-0.2, 0) is 11.8 Å². The number of rotatable bonds is 1. The number of nitrogens with zero attached hydrogens (tertiary/aromatic N) is 1. The van der Waals surface area contributed by atoms with Crippen LogP contribution < -0.4 is 0 Å². The number of aromatic nitrogens is 1. The highest BCUT2D eigenvalue weighted by Gasteiger charge is 2.38. The quantitative estimate of drug-likeness (QED) is 0.341. The predicted molar refractivity (Wildman–Crippen MR) is 118 cm³/mol. The van der Waals surface area contributed by atoms with Gasteiger partial charge in [0.25, 0.3) is 0 Å². The minimum absolute atomic E-state index is 0.0196. The van der Waals surface area contributed by atoms with Crippen molar-refractivity contribution >= 4 is 32.2 Å². The van der Waals surface area contributed by atoms with Gasteiger partial charge in [-0.1, -0.05) is 58.9 Å². The van der Waals surface area contributed by atoms with Crippen LogP contribution in [-0.4, -0.2) is 4.98 Å². The SMILES string of the molecule is CC(C)(C)Cc1sc2ccnc3c2c1C(C)(C)c1cc2ccccc2cc1-3. The van der Waals surface area contributed by atoms with Crippen molar-refractivity contribution in [3.05, 3.63) is 64.7 Å². The summed E-state index contributed by atoms with van der Waals surface area (Å²) in [6, 6.07) is 15.6. The largest absolute Gasteiger partial charge is 0.256 e. The maximum Gasteiger partial charge on any atom is 0.0795 e. The molecule has 0 saturated heterocycles. The fourth-order valence-electron chi connectivity index (χ4n) is 4.65. The van der Waals surface area contributed by atoms with Gasteiger partial charge in [0.05, 0.1) is 5.69 Å². The summed E-state index contributed by atoms with van der Waals surface area (Å²) < 4.78 is 1.38. The Morgan fingerprint density at radius 2 is 1.70 bits per heavy atom. The van der Waals surface area contributed by atoms with Gasteiger partial charge in [0.1, 0.15) is 0 Å². The van der Waals surface area contributed by atoms with E-state index in [1.807, 2.05) is 17.5 Å². The monoisotopic (exact) mass is 371 g/mol. The zero-order valence-corrected chi connectivity index (χ0v) is 17.5. The summed E-state index contributed by atoms with van der Waals surface area (Å²) in [5, 5.41) is 3.99. The summed E-state index contributed by atoms with van der Waals surface area (Å²) >= 11 is 1.97. The van der Waals surface area contributed by atoms with Crippen LogP contribution >= 0.6 is 11.3 Å². The van der Waals surface area contributed by atoms with E-state index in [1.54, 1.807) is 0 Å². The van der Waals surface area contributed by atoms with Gasteiger partial charge in [-0.3, -0.25) is 4.98 Å². The molecule has 1 nitrogen and oxygen atoms in total. The van der Waals surface area contributed by atoms with E-state index in [2.05, 4.69) is 77.1 Å². The highest BCUT2D eigenvalue weighted by molar-refractivity contribution is 7.19. The molecule has 4 aromatic rings. The zero-order chi connectivity index (χ0) is 19.0. The van der Waals surface area contributed by atoms with E-state index < -0.39 is 0 Å². The molecule has 0 amide bonds. The lowest BCUT2D eigenvalue weighted by atomic mass is 9.69. The Labute approximate surface area is 165 Å². The lowest BCUT2D eigenvalue weighted by molar-refractivity contribution is 0.411. The summed E-state index contributed by atoms with van der Waals surface area (Å²) in [5.74, 6) is 0. The van der Waals surface area contributed by atoms with E-state index in [0.717, 1.165) is 6.42 Å².